The van der Waals surface area contributed by atoms with Crippen LogP contribution in [0.2, 0.25) is 0 Å². The van der Waals surface area contributed by atoms with E-state index in [0.717, 1.165) is 148 Å². The maximum atomic E-state index is 13.0. The number of unbranched alkanes of at least 4 members (excludes halogenated alkanes) is 29. The van der Waals surface area contributed by atoms with Crippen molar-refractivity contribution in [3.63, 3.8) is 0 Å². The molecule has 0 aliphatic heterocycles. The Balaban J connectivity index is 4.39. The SMILES string of the molecule is CC/C=C\C/C=C\C/C=C\C/C=C\C/C=C\CCCCCCCC(=O)OC(COC(=O)CCCCCCCCC/C=C\C/C=C\CCCCC)COC(=O)CCCCCCCCCCCCCCCC/C=C\C/C=C\C/C=C\C/C=C\CC. The molecule has 0 aromatic heterocycles. The van der Waals surface area contributed by atoms with Crippen molar-refractivity contribution in [1.82, 2.24) is 0 Å². The summed E-state index contributed by atoms with van der Waals surface area (Å²) in [7, 11) is 0. The molecule has 6 heteroatoms. The van der Waals surface area contributed by atoms with Crippen molar-refractivity contribution < 1.29 is 28.6 Å². The second-order valence-electron chi connectivity index (χ2n) is 22.7. The zero-order chi connectivity index (χ0) is 59.9. The van der Waals surface area contributed by atoms with Gasteiger partial charge in [0.25, 0.3) is 0 Å². The van der Waals surface area contributed by atoms with Crippen LogP contribution in [0.5, 0.6) is 0 Å². The Morgan fingerprint density at radius 1 is 0.253 bits per heavy atom. The van der Waals surface area contributed by atoms with Crippen LogP contribution in [-0.4, -0.2) is 37.2 Å². The quantitative estimate of drug-likeness (QED) is 0.0261. The first-order chi connectivity index (χ1) is 41.0. The van der Waals surface area contributed by atoms with E-state index in [-0.39, 0.29) is 31.1 Å². The van der Waals surface area contributed by atoms with Crippen LogP contribution in [0.4, 0.5) is 0 Å². The largest absolute Gasteiger partial charge is 0.462 e. The third-order valence-corrected chi connectivity index (χ3v) is 14.6. The van der Waals surface area contributed by atoms with E-state index in [4.69, 9.17) is 14.2 Å². The minimum absolute atomic E-state index is 0.0910. The molecule has 1 unspecified atom stereocenters. The summed E-state index contributed by atoms with van der Waals surface area (Å²) < 4.78 is 17.0. The van der Waals surface area contributed by atoms with Crippen LogP contribution < -0.4 is 0 Å². The second-order valence-corrected chi connectivity index (χ2v) is 22.7. The average Bonchev–Trinajstić information content (AvgIpc) is 3.50. The monoisotopic (exact) mass is 1150 g/mol. The summed E-state index contributed by atoms with van der Waals surface area (Å²) in [6, 6.07) is 0. The number of esters is 3. The summed E-state index contributed by atoms with van der Waals surface area (Å²) in [4.78, 5) is 38.5. The molecule has 0 heterocycles. The van der Waals surface area contributed by atoms with Gasteiger partial charge in [-0.1, -0.05) is 296 Å². The van der Waals surface area contributed by atoms with Gasteiger partial charge in [-0.2, -0.15) is 0 Å². The summed E-state index contributed by atoms with van der Waals surface area (Å²) in [5.74, 6) is -0.910. The summed E-state index contributed by atoms with van der Waals surface area (Å²) in [6.07, 6.45) is 98.9. The molecule has 0 aromatic carbocycles. The number of hydrogen-bond acceptors (Lipinski definition) is 6. The second kappa shape index (κ2) is 70.0. The summed E-state index contributed by atoms with van der Waals surface area (Å²) in [5.41, 5.74) is 0. The zero-order valence-electron chi connectivity index (χ0n) is 54.2. The number of allylic oxidation sites excluding steroid dienone is 22. The molecule has 0 amide bonds. The highest BCUT2D eigenvalue weighted by atomic mass is 16.6. The van der Waals surface area contributed by atoms with E-state index < -0.39 is 6.10 Å². The fourth-order valence-corrected chi connectivity index (χ4v) is 9.49. The number of carbonyl (C=O) groups excluding carboxylic acids is 3. The van der Waals surface area contributed by atoms with Gasteiger partial charge in [-0.05, 0) is 135 Å². The van der Waals surface area contributed by atoms with Crippen LogP contribution >= 0.6 is 0 Å². The minimum atomic E-state index is -0.798. The lowest BCUT2D eigenvalue weighted by atomic mass is 10.0. The van der Waals surface area contributed by atoms with Crippen molar-refractivity contribution in [3.8, 4) is 0 Å². The van der Waals surface area contributed by atoms with Gasteiger partial charge in [0, 0.05) is 19.3 Å². The third-order valence-electron chi connectivity index (χ3n) is 14.6. The standard InChI is InChI=1S/C77H128O6/c1-4-7-10-13-16-19-22-25-28-31-33-35-36-37-38-39-40-42-43-46-49-52-55-58-61-64-67-70-76(79)82-73-74(72-81-75(78)69-66-63-60-57-54-51-48-45-30-27-24-21-18-15-12-9-6-3)83-77(80)71-68-65-62-59-56-53-50-47-44-41-34-32-29-26-23-20-17-14-11-8-5-2/h7-8,10-11,16-21,25-30,33-35,41,47,50,74H,4-6,9,12-15,22-24,31-32,36-40,42-46,48-49,51-73H2,1-3H3/b10-7-,11-8-,19-16-,20-17-,21-18-,28-25-,29-26-,30-27-,35-33-,41-34-,50-47-. The predicted molar refractivity (Wildman–Crippen MR) is 362 cm³/mol. The van der Waals surface area contributed by atoms with E-state index in [1.165, 1.54) is 128 Å². The molecule has 472 valence electrons. The molecule has 0 rings (SSSR count). The Kier molecular flexibility index (Phi) is 66.3. The summed E-state index contributed by atoms with van der Waals surface area (Å²) >= 11 is 0. The molecule has 6 nitrogen and oxygen atoms in total. The highest BCUT2D eigenvalue weighted by Gasteiger charge is 2.19. The Labute approximate surface area is 513 Å². The number of hydrogen-bond donors (Lipinski definition) is 0. The third kappa shape index (κ3) is 68.2. The van der Waals surface area contributed by atoms with Gasteiger partial charge in [0.15, 0.2) is 6.10 Å². The van der Waals surface area contributed by atoms with E-state index in [1.54, 1.807) is 0 Å². The molecule has 0 radical (unpaired) electrons. The Morgan fingerprint density at radius 2 is 0.470 bits per heavy atom. The number of ether oxygens (including phenoxy) is 3. The Bertz CT molecular complexity index is 1750. The highest BCUT2D eigenvalue weighted by Crippen LogP contribution is 2.16. The topological polar surface area (TPSA) is 78.9 Å². The first-order valence-corrected chi connectivity index (χ1v) is 34.7. The molecule has 0 aliphatic rings. The van der Waals surface area contributed by atoms with E-state index in [9.17, 15) is 14.4 Å². The van der Waals surface area contributed by atoms with Crippen LogP contribution in [0.3, 0.4) is 0 Å². The summed E-state index contributed by atoms with van der Waals surface area (Å²) in [5, 5.41) is 0. The van der Waals surface area contributed by atoms with Gasteiger partial charge in [0.2, 0.25) is 0 Å². The number of rotatable bonds is 62. The minimum Gasteiger partial charge on any atom is -0.462 e. The van der Waals surface area contributed by atoms with Gasteiger partial charge in [0.05, 0.1) is 0 Å². The molecule has 0 fully saturated rings. The van der Waals surface area contributed by atoms with Crippen molar-refractivity contribution in [3.05, 3.63) is 134 Å². The van der Waals surface area contributed by atoms with Gasteiger partial charge in [-0.25, -0.2) is 0 Å². The molecule has 0 spiro atoms. The van der Waals surface area contributed by atoms with Crippen molar-refractivity contribution in [2.45, 2.75) is 322 Å². The van der Waals surface area contributed by atoms with Crippen molar-refractivity contribution >= 4 is 17.9 Å². The van der Waals surface area contributed by atoms with Crippen LogP contribution in [0.1, 0.15) is 316 Å². The number of carbonyl (C=O) groups is 3. The molecule has 83 heavy (non-hydrogen) atoms. The van der Waals surface area contributed by atoms with E-state index in [0.29, 0.717) is 19.3 Å². The van der Waals surface area contributed by atoms with E-state index in [1.807, 2.05) is 0 Å². The highest BCUT2D eigenvalue weighted by molar-refractivity contribution is 5.71. The van der Waals surface area contributed by atoms with Crippen LogP contribution in [0.15, 0.2) is 134 Å². The smallest absolute Gasteiger partial charge is 0.306 e. The molecular weight excluding hydrogens is 1020 g/mol. The maximum absolute atomic E-state index is 13.0. The van der Waals surface area contributed by atoms with Crippen LogP contribution in [0, 0.1) is 0 Å². The predicted octanol–water partition coefficient (Wildman–Crippen LogP) is 24.1. The molecule has 0 bridgehead atoms. The molecule has 0 N–H and O–H groups in total. The van der Waals surface area contributed by atoms with Gasteiger partial charge >= 0.3 is 17.9 Å². The molecule has 0 saturated carbocycles. The molecular formula is C77H128O6. The first-order valence-electron chi connectivity index (χ1n) is 34.7. The maximum Gasteiger partial charge on any atom is 0.306 e. The van der Waals surface area contributed by atoms with E-state index in [2.05, 4.69) is 154 Å². The van der Waals surface area contributed by atoms with Crippen LogP contribution in [0.25, 0.3) is 0 Å². The van der Waals surface area contributed by atoms with Crippen LogP contribution in [-0.2, 0) is 28.6 Å². The van der Waals surface area contributed by atoms with Crippen molar-refractivity contribution in [2.75, 3.05) is 13.2 Å². The fraction of sp³-hybridized carbons (Fsp3) is 0.675. The lowest BCUT2D eigenvalue weighted by Crippen LogP contribution is -2.30. The van der Waals surface area contributed by atoms with E-state index >= 15 is 0 Å². The molecule has 0 aliphatic carbocycles. The Morgan fingerprint density at radius 3 is 0.735 bits per heavy atom. The first kappa shape index (κ1) is 78.5. The van der Waals surface area contributed by atoms with Gasteiger partial charge in [0.1, 0.15) is 13.2 Å². The van der Waals surface area contributed by atoms with Crippen molar-refractivity contribution in [1.29, 1.82) is 0 Å². The zero-order valence-corrected chi connectivity index (χ0v) is 54.2. The molecule has 1 atom stereocenters. The van der Waals surface area contributed by atoms with Gasteiger partial charge in [-0.15, -0.1) is 0 Å². The van der Waals surface area contributed by atoms with Gasteiger partial charge in [-0.3, -0.25) is 14.4 Å². The summed E-state index contributed by atoms with van der Waals surface area (Å²) in [6.45, 7) is 6.39. The molecule has 0 aromatic rings. The lowest BCUT2D eigenvalue weighted by molar-refractivity contribution is -0.167. The fourth-order valence-electron chi connectivity index (χ4n) is 9.49. The van der Waals surface area contributed by atoms with Gasteiger partial charge < -0.3 is 14.2 Å². The lowest BCUT2D eigenvalue weighted by Gasteiger charge is -2.18. The molecule has 0 saturated heterocycles. The Hall–Kier alpha value is -4.45. The normalized spacial score (nSPS) is 13.0. The van der Waals surface area contributed by atoms with Crippen molar-refractivity contribution in [2.24, 2.45) is 0 Å². The average molecular weight is 1150 g/mol.